The molecule has 0 saturated heterocycles. The van der Waals surface area contributed by atoms with Gasteiger partial charge in [0.05, 0.1) is 0 Å². The number of hydrogen-bond donors (Lipinski definition) is 1. The molecule has 0 bridgehead atoms. The Morgan fingerprint density at radius 2 is 1.82 bits per heavy atom. The first-order chi connectivity index (χ1) is 16.3. The maximum Gasteiger partial charge on any atom is 0.338 e. The summed E-state index contributed by atoms with van der Waals surface area (Å²) >= 11 is 21.7. The molecule has 1 unspecified atom stereocenters. The third kappa shape index (κ3) is 8.29. The highest BCUT2D eigenvalue weighted by molar-refractivity contribution is 8.15. The van der Waals surface area contributed by atoms with Crippen LogP contribution in [0.25, 0.3) is 0 Å². The second-order valence-electron chi connectivity index (χ2n) is 6.86. The Morgan fingerprint density at radius 3 is 2.53 bits per heavy atom. The van der Waals surface area contributed by atoms with Crippen LogP contribution in [0.4, 0.5) is 0 Å². The average molecular weight is 558 g/mol. The van der Waals surface area contributed by atoms with Crippen molar-refractivity contribution in [2.45, 2.75) is 17.5 Å². The summed E-state index contributed by atoms with van der Waals surface area (Å²) in [6.45, 7) is 0.472. The topological polar surface area (TPSA) is 81.4 Å². The second-order valence-corrected chi connectivity index (χ2v) is 10.7. The van der Waals surface area contributed by atoms with Crippen LogP contribution in [-0.4, -0.2) is 31.7 Å². The van der Waals surface area contributed by atoms with Crippen LogP contribution in [-0.2, 0) is 21.9 Å². The fourth-order valence-corrected chi connectivity index (χ4v) is 5.98. The van der Waals surface area contributed by atoms with Crippen molar-refractivity contribution in [1.29, 1.82) is 0 Å². The van der Waals surface area contributed by atoms with Gasteiger partial charge in [-0.1, -0.05) is 53.0 Å². The van der Waals surface area contributed by atoms with Gasteiger partial charge in [-0.3, -0.25) is 4.57 Å². The summed E-state index contributed by atoms with van der Waals surface area (Å²) in [4.78, 5) is 26.6. The summed E-state index contributed by atoms with van der Waals surface area (Å²) in [7, 11) is 0. The number of rotatable bonds is 11. The van der Waals surface area contributed by atoms with Crippen molar-refractivity contribution in [1.82, 2.24) is 9.55 Å². The number of ether oxygens (including phenoxy) is 1. The third-order valence-electron chi connectivity index (χ3n) is 4.46. The zero-order chi connectivity index (χ0) is 24.5. The quantitative estimate of drug-likeness (QED) is 0.121. The van der Waals surface area contributed by atoms with Crippen molar-refractivity contribution < 1.29 is 19.4 Å². The zero-order valence-electron chi connectivity index (χ0n) is 17.6. The van der Waals surface area contributed by atoms with Crippen LogP contribution in [0.15, 0.2) is 67.0 Å². The number of hydrogen-bond acceptors (Lipinski definition) is 6. The van der Waals surface area contributed by atoms with Crippen LogP contribution >= 0.6 is 58.3 Å². The number of aliphatic carboxylic acids is 1. The standard InChI is InChI=1S/C23H19Cl3N2O4S2/c24-17-4-1-15(2-5-17)20(34-14-33-13-16-3-6-18(25)11-19(16)26)12-28-10-9-27-23(28)32-22(31)8-7-21(29)30/h1-11,20H,12-14H2,(H,29,30)/b8-7+. The van der Waals surface area contributed by atoms with Crippen molar-refractivity contribution in [2.24, 2.45) is 0 Å². The first kappa shape index (κ1) is 26.5. The van der Waals surface area contributed by atoms with E-state index in [2.05, 4.69) is 4.98 Å². The number of thioether (sulfide) groups is 2. The van der Waals surface area contributed by atoms with Gasteiger partial charge in [0.2, 0.25) is 0 Å². The maximum absolute atomic E-state index is 11.9. The molecule has 0 spiro atoms. The van der Waals surface area contributed by atoms with E-state index in [1.165, 1.54) is 6.20 Å². The fourth-order valence-electron chi connectivity index (χ4n) is 2.83. The Labute approximate surface area is 220 Å². The van der Waals surface area contributed by atoms with Crippen LogP contribution < -0.4 is 4.74 Å². The molecule has 0 radical (unpaired) electrons. The number of imidazole rings is 1. The van der Waals surface area contributed by atoms with E-state index in [-0.39, 0.29) is 11.3 Å². The highest BCUT2D eigenvalue weighted by atomic mass is 35.5. The van der Waals surface area contributed by atoms with E-state index in [1.807, 2.05) is 36.4 Å². The Balaban J connectivity index is 1.67. The van der Waals surface area contributed by atoms with Gasteiger partial charge < -0.3 is 9.84 Å². The summed E-state index contributed by atoms with van der Waals surface area (Å²) < 4.78 is 6.91. The van der Waals surface area contributed by atoms with Crippen molar-refractivity contribution in [3.05, 3.63) is 93.2 Å². The summed E-state index contributed by atoms with van der Waals surface area (Å²) in [6.07, 6.45) is 4.77. The van der Waals surface area contributed by atoms with E-state index in [0.717, 1.165) is 28.0 Å². The molecule has 6 nitrogen and oxygen atoms in total. The van der Waals surface area contributed by atoms with Crippen molar-refractivity contribution in [3.8, 4) is 6.01 Å². The maximum atomic E-state index is 11.9. The number of benzene rings is 2. The number of aromatic nitrogens is 2. The van der Waals surface area contributed by atoms with Gasteiger partial charge in [-0.15, -0.1) is 23.5 Å². The molecule has 1 heterocycles. The monoisotopic (exact) mass is 556 g/mol. The number of carbonyl (C=O) groups is 2. The average Bonchev–Trinajstić information content (AvgIpc) is 3.22. The molecule has 0 saturated carbocycles. The van der Waals surface area contributed by atoms with Crippen molar-refractivity contribution >= 4 is 70.3 Å². The van der Waals surface area contributed by atoms with E-state index < -0.39 is 11.9 Å². The number of carboxylic acid groups (broad SMARTS) is 1. The lowest BCUT2D eigenvalue weighted by molar-refractivity contribution is -0.133. The zero-order valence-corrected chi connectivity index (χ0v) is 21.5. The van der Waals surface area contributed by atoms with Crippen LogP contribution in [0.2, 0.25) is 15.1 Å². The number of halogens is 3. The van der Waals surface area contributed by atoms with Crippen molar-refractivity contribution in [2.75, 3.05) is 5.08 Å². The molecule has 0 fully saturated rings. The molecule has 3 aromatic rings. The first-order valence-corrected chi connectivity index (χ1v) is 13.2. The van der Waals surface area contributed by atoms with E-state index in [1.54, 1.807) is 40.4 Å². The van der Waals surface area contributed by atoms with Gasteiger partial charge in [0.25, 0.3) is 0 Å². The van der Waals surface area contributed by atoms with Gasteiger partial charge in [-0.05, 0) is 35.4 Å². The number of carboxylic acids is 1. The molecular formula is C23H19Cl3N2O4S2. The minimum atomic E-state index is -1.24. The SMILES string of the molecule is O=C(O)/C=C/C(=O)Oc1nccn1CC(SCSCc1ccc(Cl)cc1Cl)c1ccc(Cl)cc1. The Kier molecular flexibility index (Phi) is 10.2. The molecule has 11 heteroatoms. The highest BCUT2D eigenvalue weighted by Gasteiger charge is 2.17. The lowest BCUT2D eigenvalue weighted by atomic mass is 10.1. The minimum absolute atomic E-state index is 0.00618. The number of nitrogens with zero attached hydrogens (tertiary/aromatic N) is 2. The summed E-state index contributed by atoms with van der Waals surface area (Å²) in [5, 5.41) is 11.3. The highest BCUT2D eigenvalue weighted by Crippen LogP contribution is 2.36. The second kappa shape index (κ2) is 13.1. The van der Waals surface area contributed by atoms with E-state index in [9.17, 15) is 9.59 Å². The largest absolute Gasteiger partial charge is 0.478 e. The van der Waals surface area contributed by atoms with Gasteiger partial charge >= 0.3 is 17.9 Å². The molecule has 0 amide bonds. The molecule has 1 aromatic heterocycles. The molecule has 178 valence electrons. The van der Waals surface area contributed by atoms with Gasteiger partial charge in [0.15, 0.2) is 0 Å². The van der Waals surface area contributed by atoms with E-state index in [4.69, 9.17) is 44.6 Å². The van der Waals surface area contributed by atoms with Crippen molar-refractivity contribution in [3.63, 3.8) is 0 Å². The molecule has 0 aliphatic heterocycles. The predicted molar refractivity (Wildman–Crippen MR) is 139 cm³/mol. The van der Waals surface area contributed by atoms with Crippen LogP contribution in [0.3, 0.4) is 0 Å². The Bertz CT molecular complexity index is 1170. The van der Waals surface area contributed by atoms with Gasteiger partial charge in [0.1, 0.15) is 0 Å². The molecule has 1 atom stereocenters. The Morgan fingerprint density at radius 1 is 1.09 bits per heavy atom. The van der Waals surface area contributed by atoms with Crippen LogP contribution in [0.1, 0.15) is 16.4 Å². The van der Waals surface area contributed by atoms with Gasteiger partial charge in [0, 0.05) is 62.2 Å². The lowest BCUT2D eigenvalue weighted by Crippen LogP contribution is -2.12. The van der Waals surface area contributed by atoms with Crippen LogP contribution in [0.5, 0.6) is 6.01 Å². The molecular weight excluding hydrogens is 539 g/mol. The molecule has 0 aliphatic carbocycles. The molecule has 0 aliphatic rings. The third-order valence-corrected chi connectivity index (χ3v) is 7.85. The summed E-state index contributed by atoms with van der Waals surface area (Å²) in [5.41, 5.74) is 2.06. The molecule has 3 rings (SSSR count). The van der Waals surface area contributed by atoms with E-state index >= 15 is 0 Å². The molecule has 1 N–H and O–H groups in total. The van der Waals surface area contributed by atoms with E-state index in [0.29, 0.717) is 27.7 Å². The summed E-state index contributed by atoms with van der Waals surface area (Å²) in [5.74, 6) is -1.32. The normalized spacial score (nSPS) is 12.1. The summed E-state index contributed by atoms with van der Waals surface area (Å²) in [6, 6.07) is 13.1. The van der Waals surface area contributed by atoms with Gasteiger partial charge in [-0.25, -0.2) is 14.6 Å². The van der Waals surface area contributed by atoms with Gasteiger partial charge in [-0.2, -0.15) is 0 Å². The fraction of sp³-hybridized carbons (Fsp3) is 0.174. The Hall–Kier alpha value is -2.10. The minimum Gasteiger partial charge on any atom is -0.478 e. The molecule has 34 heavy (non-hydrogen) atoms. The lowest BCUT2D eigenvalue weighted by Gasteiger charge is -2.19. The number of carbonyl (C=O) groups excluding carboxylic acids is 1. The van der Waals surface area contributed by atoms with Crippen LogP contribution in [0, 0.1) is 0 Å². The first-order valence-electron chi connectivity index (χ1n) is 9.84. The smallest absolute Gasteiger partial charge is 0.338 e. The molecule has 2 aromatic carbocycles. The predicted octanol–water partition coefficient (Wildman–Crippen LogP) is 6.75. The number of esters is 1.